The minimum absolute atomic E-state index is 0.273. The van der Waals surface area contributed by atoms with Gasteiger partial charge in [0, 0.05) is 17.2 Å². The third kappa shape index (κ3) is 5.21. The van der Waals surface area contributed by atoms with Gasteiger partial charge in [-0.25, -0.2) is 13.9 Å². The molecule has 0 saturated heterocycles. The zero-order chi connectivity index (χ0) is 12.6. The number of hydrogen-bond donors (Lipinski definition) is 1. The number of nitrogens with zero attached hydrogens (tertiary/aromatic N) is 1. The molecule has 6 heteroatoms. The molecular weight excluding hydrogens is 312 g/mol. The molecule has 1 rings (SSSR count). The number of nitrogens with one attached hydrogen (secondary N) is 1. The molecule has 0 saturated carbocycles. The third-order valence-corrected chi connectivity index (χ3v) is 3.48. The van der Waals surface area contributed by atoms with E-state index in [1.54, 1.807) is 12.3 Å². The van der Waals surface area contributed by atoms with Crippen LogP contribution in [0.3, 0.4) is 0 Å². The van der Waals surface area contributed by atoms with Crippen molar-refractivity contribution in [3.63, 3.8) is 0 Å². The maximum absolute atomic E-state index is 11.6. The summed E-state index contributed by atoms with van der Waals surface area (Å²) in [6, 6.07) is 1.70. The molecule has 90 valence electrons. The van der Waals surface area contributed by atoms with E-state index in [1.807, 2.05) is 6.92 Å². The molecule has 1 aromatic heterocycles. The lowest BCUT2D eigenvalue weighted by Crippen LogP contribution is -2.18. The van der Waals surface area contributed by atoms with Gasteiger partial charge in [0.1, 0.15) is 16.1 Å². The molecule has 1 unspecified atom stereocenters. The van der Waals surface area contributed by atoms with Gasteiger partial charge in [0.25, 0.3) is 0 Å². The van der Waals surface area contributed by atoms with E-state index in [0.717, 1.165) is 10.9 Å². The van der Waals surface area contributed by atoms with Gasteiger partial charge in [-0.1, -0.05) is 18.5 Å². The first-order chi connectivity index (χ1) is 7.65. The van der Waals surface area contributed by atoms with Crippen LogP contribution in [0, 0.1) is 0 Å². The highest BCUT2D eigenvalue weighted by Gasteiger charge is 2.09. The number of rotatable bonds is 4. The van der Waals surface area contributed by atoms with Crippen molar-refractivity contribution in [2.45, 2.75) is 18.2 Å². The Morgan fingerprint density at radius 3 is 2.81 bits per heavy atom. The molecule has 0 fully saturated rings. The molecule has 0 aliphatic rings. The third-order valence-electron chi connectivity index (χ3n) is 1.46. The van der Waals surface area contributed by atoms with Crippen LogP contribution in [0.25, 0.3) is 0 Å². The van der Waals surface area contributed by atoms with Gasteiger partial charge in [-0.2, -0.15) is 0 Å². The maximum atomic E-state index is 11.6. The zero-order valence-corrected chi connectivity index (χ0v) is 12.2. The van der Waals surface area contributed by atoms with Gasteiger partial charge in [-0.05, 0) is 28.4 Å². The van der Waals surface area contributed by atoms with Crippen LogP contribution in [-0.2, 0) is 11.0 Å². The van der Waals surface area contributed by atoms with E-state index in [2.05, 4.69) is 38.8 Å². The first kappa shape index (κ1) is 15.8. The van der Waals surface area contributed by atoms with Crippen molar-refractivity contribution in [3.05, 3.63) is 35.0 Å². The summed E-state index contributed by atoms with van der Waals surface area (Å²) in [5, 5.41) is 0.273. The van der Waals surface area contributed by atoms with Crippen molar-refractivity contribution in [3.8, 4) is 0 Å². The van der Waals surface area contributed by atoms with E-state index < -0.39 is 11.0 Å². The second kappa shape index (κ2) is 8.87. The van der Waals surface area contributed by atoms with Crippen molar-refractivity contribution >= 4 is 38.5 Å². The average molecular weight is 326 g/mol. The summed E-state index contributed by atoms with van der Waals surface area (Å²) in [4.78, 5) is 4.40. The fourth-order valence-electron chi connectivity index (χ4n) is 0.807. The quantitative estimate of drug-likeness (QED) is 0.681. The van der Waals surface area contributed by atoms with Gasteiger partial charge in [0.05, 0.1) is 4.90 Å². The molecule has 3 nitrogen and oxygen atoms in total. The molecular formula is C10H14BrClN2OS. The zero-order valence-electron chi connectivity index (χ0n) is 9.00. The van der Waals surface area contributed by atoms with Crippen LogP contribution in [0.5, 0.6) is 0 Å². The highest BCUT2D eigenvalue weighted by molar-refractivity contribution is 9.10. The van der Waals surface area contributed by atoms with Crippen molar-refractivity contribution in [2.75, 3.05) is 6.54 Å². The molecule has 0 spiro atoms. The van der Waals surface area contributed by atoms with Gasteiger partial charge in [0.2, 0.25) is 0 Å². The minimum atomic E-state index is -1.28. The SMILES string of the molecule is C=C.CCCNS(=O)c1cc(Br)cnc1Cl. The van der Waals surface area contributed by atoms with Crippen LogP contribution in [0.15, 0.2) is 34.8 Å². The van der Waals surface area contributed by atoms with Crippen LogP contribution < -0.4 is 4.72 Å². The molecule has 1 aromatic rings. The smallest absolute Gasteiger partial charge is 0.146 e. The van der Waals surface area contributed by atoms with Gasteiger partial charge in [0.15, 0.2) is 0 Å². The van der Waals surface area contributed by atoms with Gasteiger partial charge in [-0.3, -0.25) is 0 Å². The monoisotopic (exact) mass is 324 g/mol. The van der Waals surface area contributed by atoms with Crippen LogP contribution in [0.4, 0.5) is 0 Å². The molecule has 0 radical (unpaired) electrons. The summed E-state index contributed by atoms with van der Waals surface area (Å²) in [5.74, 6) is 0. The molecule has 0 amide bonds. The molecule has 1 heterocycles. The summed E-state index contributed by atoms with van der Waals surface area (Å²) in [5.41, 5.74) is 0. The Labute approximate surface area is 112 Å². The van der Waals surface area contributed by atoms with E-state index >= 15 is 0 Å². The lowest BCUT2D eigenvalue weighted by atomic mass is 10.5. The molecule has 1 atom stereocenters. The molecule has 0 aliphatic heterocycles. The topological polar surface area (TPSA) is 42.0 Å². The number of aromatic nitrogens is 1. The Hall–Kier alpha value is -0.230. The largest absolute Gasteiger partial charge is 0.242 e. The molecule has 0 aliphatic carbocycles. The Bertz CT molecular complexity index is 363. The van der Waals surface area contributed by atoms with Crippen molar-refractivity contribution in [1.29, 1.82) is 0 Å². The summed E-state index contributed by atoms with van der Waals surface area (Å²) < 4.78 is 15.2. The maximum Gasteiger partial charge on any atom is 0.146 e. The summed E-state index contributed by atoms with van der Waals surface area (Å²) in [7, 11) is -1.28. The number of hydrogen-bond acceptors (Lipinski definition) is 2. The molecule has 1 N–H and O–H groups in total. The first-order valence-corrected chi connectivity index (χ1v) is 6.93. The van der Waals surface area contributed by atoms with Gasteiger partial charge >= 0.3 is 0 Å². The van der Waals surface area contributed by atoms with Crippen molar-refractivity contribution in [1.82, 2.24) is 9.71 Å². The number of pyridine rings is 1. The van der Waals surface area contributed by atoms with Crippen LogP contribution in [0.1, 0.15) is 13.3 Å². The van der Waals surface area contributed by atoms with Crippen LogP contribution >= 0.6 is 27.5 Å². The predicted molar refractivity (Wildman–Crippen MR) is 72.9 cm³/mol. The van der Waals surface area contributed by atoms with Crippen LogP contribution in [-0.4, -0.2) is 15.7 Å². The molecule has 0 aromatic carbocycles. The van der Waals surface area contributed by atoms with E-state index in [0.29, 0.717) is 11.4 Å². The Kier molecular flexibility index (Phi) is 8.74. The predicted octanol–water partition coefficient (Wildman–Crippen LogP) is 3.32. The fraction of sp³-hybridized carbons (Fsp3) is 0.300. The van der Waals surface area contributed by atoms with Crippen molar-refractivity contribution < 1.29 is 4.21 Å². The lowest BCUT2D eigenvalue weighted by molar-refractivity contribution is 0.670. The normalized spacial score (nSPS) is 11.4. The Morgan fingerprint density at radius 1 is 1.62 bits per heavy atom. The summed E-state index contributed by atoms with van der Waals surface area (Å²) in [6.45, 7) is 8.69. The Morgan fingerprint density at radius 2 is 2.25 bits per heavy atom. The fourth-order valence-corrected chi connectivity index (χ4v) is 2.59. The highest BCUT2D eigenvalue weighted by Crippen LogP contribution is 2.20. The highest BCUT2D eigenvalue weighted by atomic mass is 79.9. The second-order valence-corrected chi connectivity index (χ2v) is 5.15. The lowest BCUT2D eigenvalue weighted by Gasteiger charge is -2.04. The number of halogens is 2. The van der Waals surface area contributed by atoms with Crippen LogP contribution in [0.2, 0.25) is 5.15 Å². The van der Waals surface area contributed by atoms with Gasteiger partial charge in [-0.15, -0.1) is 13.2 Å². The Balaban J connectivity index is 0.00000106. The first-order valence-electron chi connectivity index (χ1n) is 4.61. The summed E-state index contributed by atoms with van der Waals surface area (Å²) >= 11 is 9.05. The second-order valence-electron chi connectivity index (χ2n) is 2.61. The van der Waals surface area contributed by atoms with E-state index in [1.165, 1.54) is 0 Å². The van der Waals surface area contributed by atoms with E-state index in [9.17, 15) is 4.21 Å². The van der Waals surface area contributed by atoms with Gasteiger partial charge < -0.3 is 0 Å². The average Bonchev–Trinajstić information content (AvgIpc) is 2.31. The minimum Gasteiger partial charge on any atom is -0.242 e. The van der Waals surface area contributed by atoms with E-state index in [4.69, 9.17) is 11.6 Å². The molecule has 0 bridgehead atoms. The van der Waals surface area contributed by atoms with Crippen molar-refractivity contribution in [2.24, 2.45) is 0 Å². The molecule has 16 heavy (non-hydrogen) atoms. The standard InChI is InChI=1S/C8H10BrClN2OS.C2H4/c1-2-3-12-14(13)7-4-6(9)5-11-8(7)10;1-2/h4-5,12H,2-3H2,1H3;1-2H2. The summed E-state index contributed by atoms with van der Waals surface area (Å²) in [6.07, 6.45) is 2.49. The van der Waals surface area contributed by atoms with E-state index in [-0.39, 0.29) is 5.15 Å².